The van der Waals surface area contributed by atoms with E-state index in [1.54, 1.807) is 0 Å². The van der Waals surface area contributed by atoms with Crippen molar-refractivity contribution >= 4 is 24.8 Å². The summed E-state index contributed by atoms with van der Waals surface area (Å²) in [5.41, 5.74) is 0. The summed E-state index contributed by atoms with van der Waals surface area (Å²) in [5.74, 6) is 0. The van der Waals surface area contributed by atoms with Crippen LogP contribution in [-0.2, 0) is 0 Å². The van der Waals surface area contributed by atoms with E-state index in [0.717, 1.165) is 6.54 Å². The monoisotopic (exact) mass is 325 g/mol. The first-order chi connectivity index (χ1) is 8.77. The number of halogens is 2. The first-order valence-corrected chi connectivity index (χ1v) is 8.07. The molecule has 0 unspecified atom stereocenters. The minimum Gasteiger partial charge on any atom is -0.306 e. The summed E-state index contributed by atoms with van der Waals surface area (Å²) in [6.45, 7) is 3.37. The van der Waals surface area contributed by atoms with E-state index in [0.29, 0.717) is 0 Å². The molecule has 20 heavy (non-hydrogen) atoms. The SMILES string of the molecule is CCCCCCCCCCCCC=CCN(C)C.Cl.Cl. The lowest BCUT2D eigenvalue weighted by atomic mass is 10.1. The molecular formula is C17H37Cl2N. The molecule has 0 fully saturated rings. The van der Waals surface area contributed by atoms with Gasteiger partial charge in [0.2, 0.25) is 0 Å². The normalized spacial score (nSPS) is 10.6. The molecule has 0 saturated carbocycles. The van der Waals surface area contributed by atoms with E-state index in [4.69, 9.17) is 0 Å². The lowest BCUT2D eigenvalue weighted by Gasteiger charge is -2.03. The van der Waals surface area contributed by atoms with E-state index in [2.05, 4.69) is 38.1 Å². The fourth-order valence-corrected chi connectivity index (χ4v) is 2.15. The van der Waals surface area contributed by atoms with E-state index < -0.39 is 0 Å². The molecule has 0 aromatic carbocycles. The standard InChI is InChI=1S/C17H35N.2ClH/c1-4-5-6-7-8-9-10-11-12-13-14-15-16-17-18(2)3;;/h15-16H,4-14,17H2,1-3H3;2*1H. The number of rotatable bonds is 13. The zero-order valence-corrected chi connectivity index (χ0v) is 15.5. The highest BCUT2D eigenvalue weighted by atomic mass is 35.5. The third-order valence-corrected chi connectivity index (χ3v) is 3.36. The smallest absolute Gasteiger partial charge is 0.0157 e. The molecule has 0 spiro atoms. The van der Waals surface area contributed by atoms with Crippen LogP contribution in [0.3, 0.4) is 0 Å². The van der Waals surface area contributed by atoms with Crippen LogP contribution < -0.4 is 0 Å². The van der Waals surface area contributed by atoms with Gasteiger partial charge in [0.25, 0.3) is 0 Å². The predicted molar refractivity (Wildman–Crippen MR) is 98.7 cm³/mol. The van der Waals surface area contributed by atoms with Crippen molar-refractivity contribution in [2.45, 2.75) is 77.6 Å². The molecule has 0 aromatic heterocycles. The molecule has 0 bridgehead atoms. The lowest BCUT2D eigenvalue weighted by Crippen LogP contribution is -2.10. The quantitative estimate of drug-likeness (QED) is 0.285. The van der Waals surface area contributed by atoms with Crippen LogP contribution in [0, 0.1) is 0 Å². The zero-order chi connectivity index (χ0) is 13.5. The number of hydrogen-bond acceptors (Lipinski definition) is 1. The maximum Gasteiger partial charge on any atom is 0.0157 e. The molecule has 0 amide bonds. The third-order valence-electron chi connectivity index (χ3n) is 3.36. The zero-order valence-electron chi connectivity index (χ0n) is 13.9. The molecule has 0 aliphatic rings. The van der Waals surface area contributed by atoms with Crippen LogP contribution >= 0.6 is 24.8 Å². The van der Waals surface area contributed by atoms with Gasteiger partial charge in [0, 0.05) is 6.54 Å². The van der Waals surface area contributed by atoms with Gasteiger partial charge < -0.3 is 4.90 Å². The topological polar surface area (TPSA) is 3.24 Å². The largest absolute Gasteiger partial charge is 0.306 e. The van der Waals surface area contributed by atoms with Gasteiger partial charge in [-0.25, -0.2) is 0 Å². The molecule has 0 rings (SSSR count). The highest BCUT2D eigenvalue weighted by Crippen LogP contribution is 2.11. The first-order valence-electron chi connectivity index (χ1n) is 8.07. The van der Waals surface area contributed by atoms with Crippen LogP contribution in [0.5, 0.6) is 0 Å². The maximum absolute atomic E-state index is 2.34. The van der Waals surface area contributed by atoms with Crippen LogP contribution in [0.15, 0.2) is 12.2 Å². The number of unbranched alkanes of at least 4 members (excludes halogenated alkanes) is 10. The fourth-order valence-electron chi connectivity index (χ4n) is 2.15. The lowest BCUT2D eigenvalue weighted by molar-refractivity contribution is 0.456. The van der Waals surface area contributed by atoms with Crippen molar-refractivity contribution in [3.63, 3.8) is 0 Å². The Balaban J connectivity index is -0.00000144. The summed E-state index contributed by atoms with van der Waals surface area (Å²) >= 11 is 0. The molecule has 0 aliphatic heterocycles. The van der Waals surface area contributed by atoms with E-state index in [1.165, 1.54) is 70.6 Å². The molecule has 0 heterocycles. The van der Waals surface area contributed by atoms with Crippen molar-refractivity contribution in [2.75, 3.05) is 20.6 Å². The van der Waals surface area contributed by atoms with Gasteiger partial charge in [-0.05, 0) is 26.9 Å². The maximum atomic E-state index is 2.34. The van der Waals surface area contributed by atoms with E-state index >= 15 is 0 Å². The van der Waals surface area contributed by atoms with Gasteiger partial charge in [-0.1, -0.05) is 76.9 Å². The second-order valence-corrected chi connectivity index (χ2v) is 5.70. The van der Waals surface area contributed by atoms with Gasteiger partial charge in [0.05, 0.1) is 0 Å². The molecule has 3 heteroatoms. The summed E-state index contributed by atoms with van der Waals surface area (Å²) in [6.07, 6.45) is 20.2. The van der Waals surface area contributed by atoms with Gasteiger partial charge in [-0.3, -0.25) is 0 Å². The Labute approximate surface area is 140 Å². The molecular weight excluding hydrogens is 289 g/mol. The van der Waals surface area contributed by atoms with Crippen molar-refractivity contribution < 1.29 is 0 Å². The Morgan fingerprint density at radius 2 is 1.10 bits per heavy atom. The Bertz CT molecular complexity index is 182. The van der Waals surface area contributed by atoms with Crippen molar-refractivity contribution in [1.29, 1.82) is 0 Å². The van der Waals surface area contributed by atoms with Gasteiger partial charge in [-0.2, -0.15) is 0 Å². The Morgan fingerprint density at radius 3 is 1.55 bits per heavy atom. The minimum absolute atomic E-state index is 0. The molecule has 0 saturated heterocycles. The van der Waals surface area contributed by atoms with Crippen LogP contribution in [0.2, 0.25) is 0 Å². The van der Waals surface area contributed by atoms with E-state index in [-0.39, 0.29) is 24.8 Å². The molecule has 0 aliphatic carbocycles. The average molecular weight is 326 g/mol. The van der Waals surface area contributed by atoms with Crippen LogP contribution in [0.25, 0.3) is 0 Å². The summed E-state index contributed by atoms with van der Waals surface area (Å²) in [7, 11) is 4.23. The van der Waals surface area contributed by atoms with Crippen LogP contribution in [0.4, 0.5) is 0 Å². The van der Waals surface area contributed by atoms with Crippen molar-refractivity contribution in [3.8, 4) is 0 Å². The molecule has 1 nitrogen and oxygen atoms in total. The summed E-state index contributed by atoms with van der Waals surface area (Å²) in [4.78, 5) is 2.20. The van der Waals surface area contributed by atoms with E-state index in [9.17, 15) is 0 Å². The molecule has 0 aromatic rings. The molecule has 124 valence electrons. The minimum atomic E-state index is 0. The summed E-state index contributed by atoms with van der Waals surface area (Å²) < 4.78 is 0. The average Bonchev–Trinajstić information content (AvgIpc) is 2.34. The predicted octanol–water partition coefficient (Wildman–Crippen LogP) is 6.26. The molecule has 0 atom stereocenters. The third kappa shape index (κ3) is 23.4. The summed E-state index contributed by atoms with van der Waals surface area (Å²) in [6, 6.07) is 0. The highest BCUT2D eigenvalue weighted by Gasteiger charge is 1.91. The van der Waals surface area contributed by atoms with Crippen LogP contribution in [0.1, 0.15) is 77.6 Å². The fraction of sp³-hybridized carbons (Fsp3) is 0.882. The number of likely N-dealkylation sites (N-methyl/N-ethyl adjacent to an activating group) is 1. The van der Waals surface area contributed by atoms with Gasteiger partial charge >= 0.3 is 0 Å². The van der Waals surface area contributed by atoms with Crippen molar-refractivity contribution in [1.82, 2.24) is 4.90 Å². The highest BCUT2D eigenvalue weighted by molar-refractivity contribution is 5.85. The van der Waals surface area contributed by atoms with Crippen molar-refractivity contribution in [2.24, 2.45) is 0 Å². The van der Waals surface area contributed by atoms with Crippen LogP contribution in [-0.4, -0.2) is 25.5 Å². The second kappa shape index (κ2) is 21.6. The van der Waals surface area contributed by atoms with Gasteiger partial charge in [0.15, 0.2) is 0 Å². The van der Waals surface area contributed by atoms with Gasteiger partial charge in [0.1, 0.15) is 0 Å². The first kappa shape index (κ1) is 25.2. The summed E-state index contributed by atoms with van der Waals surface area (Å²) in [5, 5.41) is 0. The Morgan fingerprint density at radius 1 is 0.650 bits per heavy atom. The second-order valence-electron chi connectivity index (χ2n) is 5.70. The number of nitrogens with zero attached hydrogens (tertiary/aromatic N) is 1. The Kier molecular flexibility index (Phi) is 27.2. The van der Waals surface area contributed by atoms with Crippen molar-refractivity contribution in [3.05, 3.63) is 12.2 Å². The Hall–Kier alpha value is 0.280. The van der Waals surface area contributed by atoms with Gasteiger partial charge in [-0.15, -0.1) is 24.8 Å². The molecule has 0 N–H and O–H groups in total. The molecule has 0 radical (unpaired) electrons. The van der Waals surface area contributed by atoms with E-state index in [1.807, 2.05) is 0 Å². The number of hydrogen-bond donors (Lipinski definition) is 0. The number of allylic oxidation sites excluding steroid dienone is 1.